The maximum absolute atomic E-state index is 11.8. The number of carbonyl (C=O) groups is 1. The summed E-state index contributed by atoms with van der Waals surface area (Å²) in [5.74, 6) is 3.19. The number of hydrogen-bond acceptors (Lipinski definition) is 1. The van der Waals surface area contributed by atoms with E-state index in [2.05, 4.69) is 0 Å². The lowest BCUT2D eigenvalue weighted by Gasteiger charge is -2.59. The highest BCUT2D eigenvalue weighted by Crippen LogP contribution is 2.62. The molecular formula is C12H18O. The van der Waals surface area contributed by atoms with Crippen molar-refractivity contribution in [1.82, 2.24) is 0 Å². The maximum atomic E-state index is 11.8. The van der Waals surface area contributed by atoms with E-state index in [0.717, 1.165) is 17.8 Å². The standard InChI is InChI=1S/C12H18O/c1-8(13)12-5-4-9-6-11(12)3-2-10(9)7-12/h9-11H,2-7H2,1H3. The van der Waals surface area contributed by atoms with E-state index in [-0.39, 0.29) is 5.41 Å². The van der Waals surface area contributed by atoms with Crippen LogP contribution in [0.5, 0.6) is 0 Å². The molecule has 4 bridgehead atoms. The summed E-state index contributed by atoms with van der Waals surface area (Å²) in [6.45, 7) is 1.83. The summed E-state index contributed by atoms with van der Waals surface area (Å²) < 4.78 is 0. The first kappa shape index (κ1) is 8.02. The van der Waals surface area contributed by atoms with Gasteiger partial charge in [-0.25, -0.2) is 0 Å². The van der Waals surface area contributed by atoms with Crippen LogP contribution >= 0.6 is 0 Å². The van der Waals surface area contributed by atoms with Gasteiger partial charge in [-0.3, -0.25) is 4.79 Å². The highest BCUT2D eigenvalue weighted by molar-refractivity contribution is 5.83. The average Bonchev–Trinajstić information content (AvgIpc) is 2.18. The predicted octanol–water partition coefficient (Wildman–Crippen LogP) is 2.79. The predicted molar refractivity (Wildman–Crippen MR) is 51.3 cm³/mol. The Hall–Kier alpha value is -0.330. The van der Waals surface area contributed by atoms with E-state index in [1.807, 2.05) is 6.92 Å². The van der Waals surface area contributed by atoms with Gasteiger partial charge in [0.15, 0.2) is 0 Å². The Bertz CT molecular complexity index is 258. The summed E-state index contributed by atoms with van der Waals surface area (Å²) in [4.78, 5) is 11.8. The third kappa shape index (κ3) is 0.858. The van der Waals surface area contributed by atoms with Crippen molar-refractivity contribution in [2.45, 2.75) is 45.4 Å². The van der Waals surface area contributed by atoms with E-state index in [0.29, 0.717) is 5.78 Å². The highest BCUT2D eigenvalue weighted by Gasteiger charge is 2.56. The number of Topliss-reactive ketones (excluding diaryl/α,β-unsaturated/α-hetero) is 1. The fourth-order valence-corrected chi connectivity index (χ4v) is 4.44. The molecule has 5 aliphatic carbocycles. The van der Waals surface area contributed by atoms with Crippen LogP contribution in [0, 0.1) is 23.2 Å². The summed E-state index contributed by atoms with van der Waals surface area (Å²) in [5.41, 5.74) is 0.164. The van der Waals surface area contributed by atoms with Crippen molar-refractivity contribution in [2.75, 3.05) is 0 Å². The highest BCUT2D eigenvalue weighted by atomic mass is 16.1. The zero-order valence-electron chi connectivity index (χ0n) is 8.38. The fourth-order valence-electron chi connectivity index (χ4n) is 4.44. The molecular weight excluding hydrogens is 160 g/mol. The van der Waals surface area contributed by atoms with Crippen molar-refractivity contribution in [3.8, 4) is 0 Å². The van der Waals surface area contributed by atoms with Gasteiger partial charge in [-0.15, -0.1) is 0 Å². The molecule has 0 aliphatic heterocycles. The molecule has 1 heteroatoms. The largest absolute Gasteiger partial charge is 0.299 e. The first-order valence-corrected chi connectivity index (χ1v) is 5.73. The summed E-state index contributed by atoms with van der Waals surface area (Å²) in [5, 5.41) is 0. The Morgan fingerprint density at radius 3 is 2.62 bits per heavy atom. The van der Waals surface area contributed by atoms with Gasteiger partial charge in [-0.2, -0.15) is 0 Å². The van der Waals surface area contributed by atoms with Crippen molar-refractivity contribution in [3.63, 3.8) is 0 Å². The summed E-state index contributed by atoms with van der Waals surface area (Å²) in [6, 6.07) is 0. The molecule has 0 amide bonds. The van der Waals surface area contributed by atoms with Gasteiger partial charge in [0.1, 0.15) is 5.78 Å². The molecule has 0 aromatic rings. The quantitative estimate of drug-likeness (QED) is 0.603. The van der Waals surface area contributed by atoms with Crippen molar-refractivity contribution in [1.29, 1.82) is 0 Å². The third-order valence-electron chi connectivity index (χ3n) is 5.21. The van der Waals surface area contributed by atoms with Crippen LogP contribution in [0.3, 0.4) is 0 Å². The monoisotopic (exact) mass is 178 g/mol. The smallest absolute Gasteiger partial charge is 0.136 e. The Morgan fingerprint density at radius 2 is 2.08 bits per heavy atom. The van der Waals surface area contributed by atoms with Crippen LogP contribution in [0.1, 0.15) is 45.4 Å². The molecule has 5 fully saturated rings. The van der Waals surface area contributed by atoms with Gasteiger partial charge >= 0.3 is 0 Å². The minimum Gasteiger partial charge on any atom is -0.299 e. The lowest BCUT2D eigenvalue weighted by atomic mass is 9.45. The molecule has 0 N–H and O–H groups in total. The van der Waals surface area contributed by atoms with Crippen molar-refractivity contribution in [3.05, 3.63) is 0 Å². The molecule has 0 radical (unpaired) electrons. The molecule has 4 atom stereocenters. The van der Waals surface area contributed by atoms with Gasteiger partial charge in [-0.05, 0) is 63.2 Å². The molecule has 5 rings (SSSR count). The Kier molecular flexibility index (Phi) is 1.46. The van der Waals surface area contributed by atoms with E-state index in [1.54, 1.807) is 0 Å². The van der Waals surface area contributed by atoms with E-state index in [9.17, 15) is 4.79 Å². The number of carbonyl (C=O) groups excluding carboxylic acids is 1. The molecule has 72 valence electrons. The summed E-state index contributed by atoms with van der Waals surface area (Å²) in [6.07, 6.45) is 7.96. The maximum Gasteiger partial charge on any atom is 0.136 e. The SMILES string of the molecule is CC(=O)C12CCC3CC1CCC3C2. The lowest BCUT2D eigenvalue weighted by molar-refractivity contribution is -0.151. The van der Waals surface area contributed by atoms with Crippen LogP contribution < -0.4 is 0 Å². The molecule has 13 heavy (non-hydrogen) atoms. The average molecular weight is 178 g/mol. The van der Waals surface area contributed by atoms with Gasteiger partial charge in [0.2, 0.25) is 0 Å². The number of rotatable bonds is 1. The summed E-state index contributed by atoms with van der Waals surface area (Å²) >= 11 is 0. The molecule has 0 heterocycles. The second-order valence-corrected chi connectivity index (χ2v) is 5.49. The Morgan fingerprint density at radius 1 is 1.23 bits per heavy atom. The molecule has 0 spiro atoms. The van der Waals surface area contributed by atoms with Crippen LogP contribution in [0.25, 0.3) is 0 Å². The molecule has 0 aromatic carbocycles. The number of hydrogen-bond donors (Lipinski definition) is 0. The molecule has 5 aliphatic rings. The van der Waals surface area contributed by atoms with Crippen molar-refractivity contribution >= 4 is 5.78 Å². The molecule has 0 saturated heterocycles. The molecule has 1 nitrogen and oxygen atoms in total. The van der Waals surface area contributed by atoms with Crippen molar-refractivity contribution < 1.29 is 4.79 Å². The van der Waals surface area contributed by atoms with Gasteiger partial charge < -0.3 is 0 Å². The minimum atomic E-state index is 0.164. The normalized spacial score (nSPS) is 52.5. The van der Waals surface area contributed by atoms with E-state index in [4.69, 9.17) is 0 Å². The Labute approximate surface area is 79.9 Å². The van der Waals surface area contributed by atoms with E-state index in [1.165, 1.54) is 38.5 Å². The Balaban J connectivity index is 2.01. The fraction of sp³-hybridized carbons (Fsp3) is 0.917. The zero-order chi connectivity index (χ0) is 9.05. The third-order valence-corrected chi connectivity index (χ3v) is 5.21. The molecule has 4 unspecified atom stereocenters. The first-order chi connectivity index (χ1) is 6.22. The topological polar surface area (TPSA) is 17.1 Å². The number of fused-ring (bicyclic) bond motifs is 2. The van der Waals surface area contributed by atoms with Gasteiger partial charge in [-0.1, -0.05) is 0 Å². The van der Waals surface area contributed by atoms with E-state index < -0.39 is 0 Å². The second kappa shape index (κ2) is 2.37. The first-order valence-electron chi connectivity index (χ1n) is 5.73. The van der Waals surface area contributed by atoms with Gasteiger partial charge in [0.25, 0.3) is 0 Å². The molecule has 5 saturated carbocycles. The number of ketones is 1. The van der Waals surface area contributed by atoms with Crippen LogP contribution in [0.2, 0.25) is 0 Å². The summed E-state index contributed by atoms with van der Waals surface area (Å²) in [7, 11) is 0. The minimum absolute atomic E-state index is 0.164. The molecule has 0 aromatic heterocycles. The lowest BCUT2D eigenvalue weighted by Crippen LogP contribution is -2.53. The van der Waals surface area contributed by atoms with Crippen LogP contribution in [-0.4, -0.2) is 5.78 Å². The van der Waals surface area contributed by atoms with Gasteiger partial charge in [0.05, 0.1) is 0 Å². The van der Waals surface area contributed by atoms with Gasteiger partial charge in [0, 0.05) is 5.41 Å². The van der Waals surface area contributed by atoms with Crippen LogP contribution in [0.15, 0.2) is 0 Å². The second-order valence-electron chi connectivity index (χ2n) is 5.49. The van der Waals surface area contributed by atoms with Crippen LogP contribution in [-0.2, 0) is 4.79 Å². The zero-order valence-corrected chi connectivity index (χ0v) is 8.38. The van der Waals surface area contributed by atoms with E-state index >= 15 is 0 Å². The van der Waals surface area contributed by atoms with Crippen molar-refractivity contribution in [2.24, 2.45) is 23.2 Å². The van der Waals surface area contributed by atoms with Crippen LogP contribution in [0.4, 0.5) is 0 Å².